The Morgan fingerprint density at radius 1 is 0.455 bits per heavy atom. The second kappa shape index (κ2) is 13.8. The molecule has 6 aromatic heterocycles. The molecule has 6 heterocycles. The molecular weight excluding hydrogens is 681 g/mol. The first-order valence-corrected chi connectivity index (χ1v) is 19.7. The summed E-state index contributed by atoms with van der Waals surface area (Å²) in [7, 11) is 0. The van der Waals surface area contributed by atoms with Crippen molar-refractivity contribution in [2.24, 2.45) is 0 Å². The van der Waals surface area contributed by atoms with Crippen LogP contribution in [0, 0.1) is 83.1 Å². The van der Waals surface area contributed by atoms with Gasteiger partial charge in [-0.15, -0.1) is 0 Å². The van der Waals surface area contributed by atoms with Crippen molar-refractivity contribution in [3.63, 3.8) is 0 Å². The Morgan fingerprint density at radius 2 is 0.818 bits per heavy atom. The topological polar surface area (TPSA) is 79.5 Å². The Labute approximate surface area is 324 Å². The number of hydrogen-bond donors (Lipinski definition) is 0. The maximum atomic E-state index is 6.29. The first kappa shape index (κ1) is 36.7. The zero-order chi connectivity index (χ0) is 39.0. The highest BCUT2D eigenvalue weighted by Crippen LogP contribution is 2.37. The largest absolute Gasteiger partial charge is 0.381 e. The number of ether oxygens (including phenoxy) is 1. The summed E-state index contributed by atoms with van der Waals surface area (Å²) in [5.41, 5.74) is 22.8. The molecule has 0 saturated heterocycles. The van der Waals surface area contributed by atoms with Crippen LogP contribution in [0.3, 0.4) is 0 Å². The predicted octanol–water partition coefficient (Wildman–Crippen LogP) is 10.2. The molecule has 0 N–H and O–H groups in total. The second-order valence-corrected chi connectivity index (χ2v) is 16.0. The Kier molecular flexibility index (Phi) is 9.19. The molecule has 0 fully saturated rings. The average Bonchev–Trinajstić information content (AvgIpc) is 3.81. The van der Waals surface area contributed by atoms with E-state index < -0.39 is 0 Å². The zero-order valence-electron chi connectivity index (χ0n) is 34.7. The fourth-order valence-corrected chi connectivity index (χ4v) is 9.34. The Hall–Kier alpha value is -5.28. The predicted molar refractivity (Wildman–Crippen MR) is 225 cm³/mol. The molecule has 8 aromatic rings. The van der Waals surface area contributed by atoms with Crippen molar-refractivity contribution in [1.82, 2.24) is 38.3 Å². The van der Waals surface area contributed by atoms with Gasteiger partial charge in [-0.25, -0.2) is 9.97 Å². The summed E-state index contributed by atoms with van der Waals surface area (Å²) in [6, 6.07) is 13.5. The highest BCUT2D eigenvalue weighted by molar-refractivity contribution is 5.91. The number of hydrogen-bond acceptors (Lipinski definition) is 5. The third-order valence-electron chi connectivity index (χ3n) is 11.5. The van der Waals surface area contributed by atoms with E-state index in [2.05, 4.69) is 138 Å². The fraction of sp³-hybridized carbons (Fsp3) is 0.391. The van der Waals surface area contributed by atoms with Gasteiger partial charge in [0.25, 0.3) is 0 Å². The molecule has 9 nitrogen and oxygen atoms in total. The zero-order valence-corrected chi connectivity index (χ0v) is 34.7. The standard InChI is InChI=1S/C46H54N8O/c1-25-19-27(3)39(28(4)20-25)41-35(11)49-53-43(41)47-33(9)37-23-31(7)51(45(37)53)15-13-17-55-18-14-16-52-32(8)24-38-34(10)48-44-42(36(12)50-54(44)46(38)52)40-29(5)21-26(2)22-30(40)6/h19-24H,13-18H2,1-12H3. The maximum Gasteiger partial charge on any atom is 0.165 e. The van der Waals surface area contributed by atoms with Gasteiger partial charge in [0.05, 0.1) is 33.9 Å². The minimum Gasteiger partial charge on any atom is -0.381 e. The molecule has 284 valence electrons. The van der Waals surface area contributed by atoms with Crippen LogP contribution < -0.4 is 0 Å². The number of aryl methyl sites for hydroxylation is 14. The van der Waals surface area contributed by atoms with Crippen LogP contribution in [0.25, 0.3) is 55.6 Å². The summed E-state index contributed by atoms with van der Waals surface area (Å²) in [5, 5.41) is 12.5. The van der Waals surface area contributed by atoms with Crippen molar-refractivity contribution in [2.45, 2.75) is 109 Å². The van der Waals surface area contributed by atoms with Gasteiger partial charge in [0, 0.05) is 48.5 Å². The van der Waals surface area contributed by atoms with E-state index in [-0.39, 0.29) is 0 Å². The monoisotopic (exact) mass is 734 g/mol. The summed E-state index contributed by atoms with van der Waals surface area (Å²) in [4.78, 5) is 10.3. The molecule has 0 aliphatic carbocycles. The number of fused-ring (bicyclic) bond motifs is 6. The van der Waals surface area contributed by atoms with E-state index in [0.717, 1.165) is 93.2 Å². The summed E-state index contributed by atoms with van der Waals surface area (Å²) >= 11 is 0. The van der Waals surface area contributed by atoms with Gasteiger partial charge in [0.15, 0.2) is 11.3 Å². The second-order valence-electron chi connectivity index (χ2n) is 16.0. The van der Waals surface area contributed by atoms with Crippen LogP contribution in [-0.4, -0.2) is 51.5 Å². The van der Waals surface area contributed by atoms with Crippen LogP contribution >= 0.6 is 0 Å². The van der Waals surface area contributed by atoms with E-state index in [1.165, 1.54) is 55.9 Å². The molecule has 9 heteroatoms. The number of nitrogens with zero attached hydrogens (tertiary/aromatic N) is 8. The fourth-order valence-electron chi connectivity index (χ4n) is 9.34. The Balaban J connectivity index is 0.995. The van der Waals surface area contributed by atoms with Crippen molar-refractivity contribution in [1.29, 1.82) is 0 Å². The van der Waals surface area contributed by atoms with Crippen molar-refractivity contribution in [2.75, 3.05) is 13.2 Å². The molecule has 0 radical (unpaired) electrons. The van der Waals surface area contributed by atoms with Gasteiger partial charge >= 0.3 is 0 Å². The minimum absolute atomic E-state index is 0.688. The lowest BCUT2D eigenvalue weighted by Gasteiger charge is -2.13. The molecule has 55 heavy (non-hydrogen) atoms. The van der Waals surface area contributed by atoms with E-state index in [4.69, 9.17) is 24.9 Å². The lowest BCUT2D eigenvalue weighted by Crippen LogP contribution is -2.10. The van der Waals surface area contributed by atoms with E-state index in [1.807, 2.05) is 0 Å². The molecule has 0 atom stereocenters. The van der Waals surface area contributed by atoms with Crippen molar-refractivity contribution in [3.8, 4) is 22.3 Å². The van der Waals surface area contributed by atoms with Gasteiger partial charge in [0.2, 0.25) is 0 Å². The highest BCUT2D eigenvalue weighted by Gasteiger charge is 2.24. The first-order valence-electron chi connectivity index (χ1n) is 19.7. The Morgan fingerprint density at radius 3 is 1.18 bits per heavy atom. The third kappa shape index (κ3) is 6.04. The van der Waals surface area contributed by atoms with Gasteiger partial charge in [-0.05, 0) is 141 Å². The maximum absolute atomic E-state index is 6.29. The molecular formula is C46H54N8O. The van der Waals surface area contributed by atoms with Crippen LogP contribution in [0.4, 0.5) is 0 Å². The number of benzene rings is 2. The molecule has 0 aliphatic heterocycles. The van der Waals surface area contributed by atoms with E-state index in [9.17, 15) is 0 Å². The van der Waals surface area contributed by atoms with Crippen LogP contribution in [-0.2, 0) is 17.8 Å². The summed E-state index contributed by atoms with van der Waals surface area (Å²) < 4.78 is 15.2. The van der Waals surface area contributed by atoms with E-state index >= 15 is 0 Å². The number of aromatic nitrogens is 8. The summed E-state index contributed by atoms with van der Waals surface area (Å²) in [6.45, 7) is 29.0. The number of rotatable bonds is 10. The molecule has 0 aliphatic rings. The molecule has 0 saturated carbocycles. The van der Waals surface area contributed by atoms with Gasteiger partial charge < -0.3 is 13.9 Å². The lowest BCUT2D eigenvalue weighted by atomic mass is 9.94. The molecule has 0 unspecified atom stereocenters. The molecule has 2 aromatic carbocycles. The quantitative estimate of drug-likeness (QED) is 0.131. The lowest BCUT2D eigenvalue weighted by molar-refractivity contribution is 0.123. The van der Waals surface area contributed by atoms with Gasteiger partial charge in [-0.3, -0.25) is 0 Å². The van der Waals surface area contributed by atoms with Gasteiger partial charge in [0.1, 0.15) is 11.3 Å². The average molecular weight is 735 g/mol. The first-order chi connectivity index (χ1) is 26.2. The molecule has 8 rings (SSSR count). The van der Waals surface area contributed by atoms with Crippen LogP contribution in [0.2, 0.25) is 0 Å². The van der Waals surface area contributed by atoms with E-state index in [0.29, 0.717) is 13.2 Å². The SMILES string of the molecule is Cc1cc(C)c(-c2c(C)nn3c2nc(C)c2cc(C)n(CCCOCCCn4c(C)cc5c(C)nc6c(-c7c(C)cc(C)cc7C)c(C)nn6c54)c23)c(C)c1. The van der Waals surface area contributed by atoms with Crippen LogP contribution in [0.15, 0.2) is 36.4 Å². The van der Waals surface area contributed by atoms with Crippen molar-refractivity contribution >= 4 is 33.4 Å². The highest BCUT2D eigenvalue weighted by atomic mass is 16.5. The molecule has 0 amide bonds. The molecule has 0 bridgehead atoms. The van der Waals surface area contributed by atoms with Crippen LogP contribution in [0.1, 0.15) is 80.4 Å². The molecule has 0 spiro atoms. The van der Waals surface area contributed by atoms with Crippen LogP contribution in [0.5, 0.6) is 0 Å². The van der Waals surface area contributed by atoms with Crippen molar-refractivity contribution < 1.29 is 4.74 Å². The smallest absolute Gasteiger partial charge is 0.165 e. The normalized spacial score (nSPS) is 12.1. The third-order valence-corrected chi connectivity index (χ3v) is 11.5. The summed E-state index contributed by atoms with van der Waals surface area (Å²) in [5.74, 6) is 0. The van der Waals surface area contributed by atoms with Gasteiger partial charge in [-0.2, -0.15) is 19.2 Å². The van der Waals surface area contributed by atoms with Crippen molar-refractivity contribution in [3.05, 3.63) is 104 Å². The van der Waals surface area contributed by atoms with E-state index in [1.54, 1.807) is 0 Å². The Bertz CT molecular complexity index is 2580. The van der Waals surface area contributed by atoms with Gasteiger partial charge in [-0.1, -0.05) is 35.4 Å². The minimum atomic E-state index is 0.688. The summed E-state index contributed by atoms with van der Waals surface area (Å²) in [6.07, 6.45) is 1.81.